The van der Waals surface area contributed by atoms with E-state index >= 15 is 0 Å². The molecule has 9 aromatic rings. The zero-order valence-electron chi connectivity index (χ0n) is 26.7. The molecule has 0 radical (unpaired) electrons. The molecule has 0 bridgehead atoms. The number of nitriles is 2. The molecule has 0 aliphatic carbocycles. The fraction of sp³-hybridized carbons (Fsp3) is 0. The van der Waals surface area contributed by atoms with Gasteiger partial charge >= 0.3 is 0 Å². The Morgan fingerprint density at radius 2 is 1.16 bits per heavy atom. The topological polar surface area (TPSA) is 61.8 Å². The second-order valence-electron chi connectivity index (χ2n) is 12.2. The first kappa shape index (κ1) is 28.8. The fourth-order valence-corrected chi connectivity index (χ4v) is 7.52. The summed E-state index contributed by atoms with van der Waals surface area (Å²) in [4.78, 5) is 4.01. The fourth-order valence-electron chi connectivity index (χ4n) is 7.52. The molecule has 0 saturated carbocycles. The molecule has 230 valence electrons. The zero-order chi connectivity index (χ0) is 33.8. The molecule has 0 amide bonds. The van der Waals surface area contributed by atoms with E-state index in [1.54, 1.807) is 0 Å². The second-order valence-corrected chi connectivity index (χ2v) is 12.2. The van der Waals surface area contributed by atoms with Crippen LogP contribution in [0.4, 0.5) is 5.69 Å². The third-order valence-electron chi connectivity index (χ3n) is 9.63. The lowest BCUT2D eigenvalue weighted by molar-refractivity contribution is 1.18. The Hall–Kier alpha value is -7.39. The highest BCUT2D eigenvalue weighted by Crippen LogP contribution is 2.44. The quantitative estimate of drug-likeness (QED) is 0.181. The van der Waals surface area contributed by atoms with Gasteiger partial charge in [-0.15, -0.1) is 0 Å². The van der Waals surface area contributed by atoms with E-state index in [2.05, 4.69) is 117 Å². The number of para-hydroxylation sites is 3. The predicted molar refractivity (Wildman–Crippen MR) is 202 cm³/mol. The first-order valence-corrected chi connectivity index (χ1v) is 16.3. The summed E-state index contributed by atoms with van der Waals surface area (Å²) >= 11 is 0. The first-order chi connectivity index (χ1) is 24.7. The van der Waals surface area contributed by atoms with Crippen LogP contribution in [0.2, 0.25) is 0 Å². The average molecular weight is 636 g/mol. The SMILES string of the molecule is [C-]#[N+]c1cccc(-c2ccc(-n3c4ccccc4c4ccccc43)cc2)c1-c1ccccc1-n1c2ccc(C#N)cc2c2c(C#N)cccc21. The van der Waals surface area contributed by atoms with Crippen LogP contribution < -0.4 is 0 Å². The molecule has 50 heavy (non-hydrogen) atoms. The summed E-state index contributed by atoms with van der Waals surface area (Å²) in [5.41, 5.74) is 11.3. The van der Waals surface area contributed by atoms with Crippen LogP contribution in [0.15, 0.2) is 152 Å². The van der Waals surface area contributed by atoms with E-state index in [1.165, 1.54) is 10.8 Å². The number of nitrogens with zero attached hydrogens (tertiary/aromatic N) is 5. The molecular formula is C45H25N5. The van der Waals surface area contributed by atoms with Crippen molar-refractivity contribution < 1.29 is 0 Å². The third-order valence-corrected chi connectivity index (χ3v) is 9.63. The highest BCUT2D eigenvalue weighted by Gasteiger charge is 2.21. The van der Waals surface area contributed by atoms with Gasteiger partial charge in [-0.25, -0.2) is 4.85 Å². The van der Waals surface area contributed by atoms with Gasteiger partial charge in [0.15, 0.2) is 5.69 Å². The van der Waals surface area contributed by atoms with E-state index in [1.807, 2.05) is 60.7 Å². The van der Waals surface area contributed by atoms with Crippen molar-refractivity contribution in [2.45, 2.75) is 0 Å². The van der Waals surface area contributed by atoms with Crippen molar-refractivity contribution in [3.63, 3.8) is 0 Å². The summed E-state index contributed by atoms with van der Waals surface area (Å²) in [6.45, 7) is 8.23. The van der Waals surface area contributed by atoms with Crippen LogP contribution in [-0.2, 0) is 0 Å². The van der Waals surface area contributed by atoms with Crippen LogP contribution in [0.25, 0.3) is 82.1 Å². The van der Waals surface area contributed by atoms with Gasteiger partial charge in [-0.2, -0.15) is 10.5 Å². The van der Waals surface area contributed by atoms with Crippen LogP contribution in [-0.4, -0.2) is 9.13 Å². The maximum atomic E-state index is 10.1. The van der Waals surface area contributed by atoms with Crippen LogP contribution in [0.3, 0.4) is 0 Å². The monoisotopic (exact) mass is 635 g/mol. The minimum absolute atomic E-state index is 0.530. The largest absolute Gasteiger partial charge is 0.309 e. The van der Waals surface area contributed by atoms with Crippen molar-refractivity contribution in [3.8, 4) is 45.8 Å². The molecule has 7 aromatic carbocycles. The van der Waals surface area contributed by atoms with Gasteiger partial charge in [0, 0.05) is 27.2 Å². The normalized spacial score (nSPS) is 11.1. The molecule has 5 nitrogen and oxygen atoms in total. The predicted octanol–water partition coefficient (Wildman–Crippen LogP) is 11.5. The Morgan fingerprint density at radius 1 is 0.520 bits per heavy atom. The van der Waals surface area contributed by atoms with Gasteiger partial charge in [0.05, 0.1) is 57.6 Å². The minimum Gasteiger partial charge on any atom is -0.309 e. The summed E-state index contributed by atoms with van der Waals surface area (Å²) in [5.74, 6) is 0. The van der Waals surface area contributed by atoms with Gasteiger partial charge in [0.25, 0.3) is 0 Å². The number of aromatic nitrogens is 2. The average Bonchev–Trinajstić information content (AvgIpc) is 3.70. The van der Waals surface area contributed by atoms with E-state index in [-0.39, 0.29) is 0 Å². The number of rotatable bonds is 4. The second kappa shape index (κ2) is 11.4. The lowest BCUT2D eigenvalue weighted by atomic mass is 9.92. The summed E-state index contributed by atoms with van der Waals surface area (Å²) in [6, 6.07) is 55.5. The van der Waals surface area contributed by atoms with Crippen LogP contribution >= 0.6 is 0 Å². The molecule has 0 unspecified atom stereocenters. The molecule has 0 atom stereocenters. The Labute approximate surface area is 288 Å². The standard InChI is InChI=1S/C45H25N5/c1-48-38-15-9-14-33(30-21-23-32(24-22-30)49-39-16-5-2-11-34(39)35-12-3-6-17-40(35)49)45(38)36-13-4-7-18-41(36)50-42-25-20-29(27-46)26-37(42)44-31(28-47)10-8-19-43(44)50/h2-26H. The lowest BCUT2D eigenvalue weighted by Gasteiger charge is -2.18. The number of fused-ring (bicyclic) bond motifs is 6. The molecular weight excluding hydrogens is 611 g/mol. The highest BCUT2D eigenvalue weighted by molar-refractivity contribution is 6.13. The molecule has 0 fully saturated rings. The van der Waals surface area contributed by atoms with Crippen molar-refractivity contribution in [2.75, 3.05) is 0 Å². The van der Waals surface area contributed by atoms with Crippen molar-refractivity contribution in [2.24, 2.45) is 0 Å². The lowest BCUT2D eigenvalue weighted by Crippen LogP contribution is -1.98. The van der Waals surface area contributed by atoms with Crippen LogP contribution in [0.5, 0.6) is 0 Å². The van der Waals surface area contributed by atoms with Gasteiger partial charge in [-0.3, -0.25) is 0 Å². The molecule has 0 aliphatic rings. The summed E-state index contributed by atoms with van der Waals surface area (Å²) in [6.07, 6.45) is 0. The van der Waals surface area contributed by atoms with E-state index in [0.717, 1.165) is 66.5 Å². The van der Waals surface area contributed by atoms with E-state index in [0.29, 0.717) is 16.8 Å². The van der Waals surface area contributed by atoms with Crippen molar-refractivity contribution >= 4 is 49.3 Å². The number of benzene rings is 7. The van der Waals surface area contributed by atoms with Crippen molar-refractivity contribution in [1.82, 2.24) is 9.13 Å². The zero-order valence-corrected chi connectivity index (χ0v) is 26.7. The summed E-state index contributed by atoms with van der Waals surface area (Å²) in [7, 11) is 0. The number of hydrogen-bond acceptors (Lipinski definition) is 2. The molecule has 9 rings (SSSR count). The Bertz CT molecular complexity index is 2900. The maximum Gasteiger partial charge on any atom is 0.195 e. The maximum absolute atomic E-state index is 10.1. The molecule has 2 heterocycles. The minimum atomic E-state index is 0.530. The van der Waals surface area contributed by atoms with Gasteiger partial charge in [-0.1, -0.05) is 91.0 Å². The number of hydrogen-bond donors (Lipinski definition) is 0. The Balaban J connectivity index is 1.26. The third kappa shape index (κ3) is 4.24. The smallest absolute Gasteiger partial charge is 0.195 e. The molecule has 0 N–H and O–H groups in total. The van der Waals surface area contributed by atoms with E-state index < -0.39 is 0 Å². The summed E-state index contributed by atoms with van der Waals surface area (Å²) < 4.78 is 4.45. The van der Waals surface area contributed by atoms with Gasteiger partial charge in [0.1, 0.15) is 0 Å². The summed E-state index contributed by atoms with van der Waals surface area (Å²) in [5, 5.41) is 23.9. The van der Waals surface area contributed by atoms with E-state index in [4.69, 9.17) is 6.57 Å². The first-order valence-electron chi connectivity index (χ1n) is 16.3. The molecule has 0 aliphatic heterocycles. The molecule has 0 saturated heterocycles. The van der Waals surface area contributed by atoms with E-state index in [9.17, 15) is 10.5 Å². The molecule has 5 heteroatoms. The van der Waals surface area contributed by atoms with Crippen LogP contribution in [0, 0.1) is 29.2 Å². The van der Waals surface area contributed by atoms with Crippen molar-refractivity contribution in [1.29, 1.82) is 10.5 Å². The van der Waals surface area contributed by atoms with Gasteiger partial charge < -0.3 is 9.13 Å². The van der Waals surface area contributed by atoms with Gasteiger partial charge in [-0.05, 0) is 82.9 Å². The van der Waals surface area contributed by atoms with Gasteiger partial charge in [0.2, 0.25) is 0 Å². The van der Waals surface area contributed by atoms with Crippen LogP contribution in [0.1, 0.15) is 11.1 Å². The molecule has 0 spiro atoms. The van der Waals surface area contributed by atoms with Crippen molar-refractivity contribution in [3.05, 3.63) is 174 Å². The Morgan fingerprint density at radius 3 is 1.88 bits per heavy atom. The molecule has 2 aromatic heterocycles. The highest BCUT2D eigenvalue weighted by atomic mass is 15.0. The Kier molecular flexibility index (Phi) is 6.56.